The van der Waals surface area contributed by atoms with E-state index in [-0.39, 0.29) is 17.5 Å². The lowest BCUT2D eigenvalue weighted by molar-refractivity contribution is 0.0947. The maximum atomic E-state index is 13.0. The Hall–Kier alpha value is -3.75. The molecule has 164 valence electrons. The molecule has 1 aromatic heterocycles. The monoisotopic (exact) mass is 425 g/mol. The molecule has 0 spiro atoms. The highest BCUT2D eigenvalue weighted by Crippen LogP contribution is 2.38. The summed E-state index contributed by atoms with van der Waals surface area (Å²) in [5.74, 6) is 0.793. The molecule has 2 aromatic carbocycles. The Kier molecular flexibility index (Phi) is 6.96. The Labute approximate surface area is 181 Å². The summed E-state index contributed by atoms with van der Waals surface area (Å²) in [4.78, 5) is 17.2. The lowest BCUT2D eigenvalue weighted by atomic mass is 10.1. The number of carbonyl (C=O) groups is 1. The largest absolute Gasteiger partial charge is 0.493 e. The van der Waals surface area contributed by atoms with E-state index < -0.39 is 5.91 Å². The lowest BCUT2D eigenvalue weighted by Crippen LogP contribution is -2.17. The smallest absolute Gasteiger partial charge is 0.281 e. The number of rotatable bonds is 9. The van der Waals surface area contributed by atoms with E-state index in [1.807, 2.05) is 12.1 Å². The van der Waals surface area contributed by atoms with Gasteiger partial charge in [-0.25, -0.2) is 0 Å². The molecule has 0 atom stereocenters. The molecular formula is C22H27N5O4. The topological polar surface area (TPSA) is 114 Å². The molecule has 3 aromatic rings. The van der Waals surface area contributed by atoms with Crippen LogP contribution in [0.25, 0.3) is 0 Å². The molecule has 0 amide bonds. The summed E-state index contributed by atoms with van der Waals surface area (Å²) in [5, 5.41) is 7.29. The number of unbranched alkanes of at least 4 members (excludes halogenated alkanes) is 1. The molecule has 9 nitrogen and oxygen atoms in total. The third-order valence-electron chi connectivity index (χ3n) is 4.77. The highest BCUT2D eigenvalue weighted by molar-refractivity contribution is 5.98. The Morgan fingerprint density at radius 2 is 1.71 bits per heavy atom. The number of hydrogen-bond acceptors (Lipinski definition) is 8. The minimum absolute atomic E-state index is 0.0409. The van der Waals surface area contributed by atoms with Crippen LogP contribution in [0.3, 0.4) is 0 Å². The maximum Gasteiger partial charge on any atom is 0.281 e. The second kappa shape index (κ2) is 9.84. The van der Waals surface area contributed by atoms with E-state index in [0.717, 1.165) is 29.6 Å². The SMILES string of the molecule is CCCCc1ccc(Nc2nc(N)n(C(=O)c3cc(OC)c(OC)c(OC)c3)n2)cc1. The molecule has 0 radical (unpaired) electrons. The summed E-state index contributed by atoms with van der Waals surface area (Å²) in [7, 11) is 4.45. The second-order valence-electron chi connectivity index (χ2n) is 6.85. The first kappa shape index (κ1) is 21.9. The zero-order valence-electron chi connectivity index (χ0n) is 18.1. The van der Waals surface area contributed by atoms with Crippen molar-refractivity contribution >= 4 is 23.5 Å². The van der Waals surface area contributed by atoms with Gasteiger partial charge in [0.25, 0.3) is 5.91 Å². The molecule has 3 N–H and O–H groups in total. The van der Waals surface area contributed by atoms with E-state index in [1.165, 1.54) is 39.0 Å². The predicted molar refractivity (Wildman–Crippen MR) is 119 cm³/mol. The van der Waals surface area contributed by atoms with Gasteiger partial charge in [-0.2, -0.15) is 9.67 Å². The quantitative estimate of drug-likeness (QED) is 0.534. The summed E-state index contributed by atoms with van der Waals surface area (Å²) in [6, 6.07) is 11.1. The van der Waals surface area contributed by atoms with Crippen molar-refractivity contribution in [3.63, 3.8) is 0 Å². The van der Waals surface area contributed by atoms with Crippen LogP contribution in [0.5, 0.6) is 17.2 Å². The number of ether oxygens (including phenoxy) is 3. The van der Waals surface area contributed by atoms with Crippen LogP contribution in [-0.4, -0.2) is 42.0 Å². The first-order valence-electron chi connectivity index (χ1n) is 9.93. The third kappa shape index (κ3) is 4.88. The number of benzene rings is 2. The second-order valence-corrected chi connectivity index (χ2v) is 6.85. The molecule has 0 fully saturated rings. The van der Waals surface area contributed by atoms with E-state index in [9.17, 15) is 4.79 Å². The fourth-order valence-electron chi connectivity index (χ4n) is 3.12. The van der Waals surface area contributed by atoms with Crippen LogP contribution in [0.15, 0.2) is 36.4 Å². The number of nitrogen functional groups attached to an aromatic ring is 1. The van der Waals surface area contributed by atoms with Crippen LogP contribution in [-0.2, 0) is 6.42 Å². The van der Waals surface area contributed by atoms with E-state index in [1.54, 1.807) is 0 Å². The van der Waals surface area contributed by atoms with Crippen LogP contribution in [0.1, 0.15) is 35.7 Å². The van der Waals surface area contributed by atoms with Crippen molar-refractivity contribution in [2.24, 2.45) is 0 Å². The van der Waals surface area contributed by atoms with E-state index in [0.29, 0.717) is 17.2 Å². The number of nitrogens with zero attached hydrogens (tertiary/aromatic N) is 3. The molecular weight excluding hydrogens is 398 g/mol. The van der Waals surface area contributed by atoms with Crippen molar-refractivity contribution in [3.05, 3.63) is 47.5 Å². The molecule has 0 bridgehead atoms. The molecule has 31 heavy (non-hydrogen) atoms. The number of carbonyl (C=O) groups excluding carboxylic acids is 1. The van der Waals surface area contributed by atoms with Crippen LogP contribution in [0, 0.1) is 0 Å². The standard InChI is InChI=1S/C22H27N5O4/c1-5-6-7-14-8-10-16(11-9-14)24-22-25-21(23)27(26-22)20(28)15-12-17(29-2)19(31-4)18(13-15)30-3/h8-13H,5-7H2,1-4H3,(H3,23,24,25,26). The summed E-state index contributed by atoms with van der Waals surface area (Å²) in [6.07, 6.45) is 3.35. The zero-order valence-corrected chi connectivity index (χ0v) is 18.1. The Bertz CT molecular complexity index is 1020. The van der Waals surface area contributed by atoms with Gasteiger partial charge in [0.2, 0.25) is 17.6 Å². The van der Waals surface area contributed by atoms with Gasteiger partial charge in [-0.15, -0.1) is 5.10 Å². The summed E-state index contributed by atoms with van der Waals surface area (Å²) >= 11 is 0. The molecule has 0 aliphatic rings. The van der Waals surface area contributed by atoms with Crippen molar-refractivity contribution in [1.82, 2.24) is 14.8 Å². The van der Waals surface area contributed by atoms with Crippen LogP contribution in [0.4, 0.5) is 17.6 Å². The molecule has 0 unspecified atom stereocenters. The van der Waals surface area contributed by atoms with Crippen molar-refractivity contribution in [1.29, 1.82) is 0 Å². The highest BCUT2D eigenvalue weighted by atomic mass is 16.5. The van der Waals surface area contributed by atoms with Gasteiger partial charge in [-0.05, 0) is 42.7 Å². The van der Waals surface area contributed by atoms with E-state index >= 15 is 0 Å². The van der Waals surface area contributed by atoms with Gasteiger partial charge in [0.1, 0.15) is 0 Å². The number of aryl methyl sites for hydroxylation is 1. The first-order valence-corrected chi connectivity index (χ1v) is 9.93. The van der Waals surface area contributed by atoms with Gasteiger partial charge in [0, 0.05) is 11.3 Å². The molecule has 3 rings (SSSR count). The Balaban J connectivity index is 1.83. The number of nitrogens with two attached hydrogens (primary N) is 1. The lowest BCUT2D eigenvalue weighted by Gasteiger charge is -2.13. The van der Waals surface area contributed by atoms with Gasteiger partial charge in [-0.3, -0.25) is 4.79 Å². The molecule has 0 aliphatic heterocycles. The number of anilines is 3. The van der Waals surface area contributed by atoms with E-state index in [2.05, 4.69) is 34.5 Å². The number of nitrogens with one attached hydrogen (secondary N) is 1. The van der Waals surface area contributed by atoms with Gasteiger partial charge in [-0.1, -0.05) is 25.5 Å². The number of hydrogen-bond donors (Lipinski definition) is 2. The van der Waals surface area contributed by atoms with Crippen LogP contribution >= 0.6 is 0 Å². The minimum atomic E-state index is -0.479. The van der Waals surface area contributed by atoms with Crippen molar-refractivity contribution < 1.29 is 19.0 Å². The van der Waals surface area contributed by atoms with Crippen molar-refractivity contribution in [3.8, 4) is 17.2 Å². The third-order valence-corrected chi connectivity index (χ3v) is 4.77. The van der Waals surface area contributed by atoms with Crippen LogP contribution < -0.4 is 25.3 Å². The normalized spacial score (nSPS) is 10.6. The fourth-order valence-corrected chi connectivity index (χ4v) is 3.12. The zero-order chi connectivity index (χ0) is 22.4. The van der Waals surface area contributed by atoms with Gasteiger partial charge in [0.15, 0.2) is 11.5 Å². The average Bonchev–Trinajstić information content (AvgIpc) is 3.16. The summed E-state index contributed by atoms with van der Waals surface area (Å²) in [6.45, 7) is 2.17. The summed E-state index contributed by atoms with van der Waals surface area (Å²) < 4.78 is 16.9. The van der Waals surface area contributed by atoms with Gasteiger partial charge < -0.3 is 25.3 Å². The molecule has 0 aliphatic carbocycles. The highest BCUT2D eigenvalue weighted by Gasteiger charge is 2.21. The number of methoxy groups -OCH3 is 3. The Morgan fingerprint density at radius 3 is 2.26 bits per heavy atom. The summed E-state index contributed by atoms with van der Waals surface area (Å²) in [5.41, 5.74) is 8.28. The predicted octanol–water partition coefficient (Wildman–Crippen LogP) is 3.66. The van der Waals surface area contributed by atoms with Crippen molar-refractivity contribution in [2.75, 3.05) is 32.4 Å². The average molecular weight is 425 g/mol. The van der Waals surface area contributed by atoms with Gasteiger partial charge in [0.05, 0.1) is 21.3 Å². The van der Waals surface area contributed by atoms with Crippen LogP contribution in [0.2, 0.25) is 0 Å². The molecule has 0 saturated heterocycles. The molecule has 1 heterocycles. The Morgan fingerprint density at radius 1 is 1.06 bits per heavy atom. The maximum absolute atomic E-state index is 13.0. The van der Waals surface area contributed by atoms with Crippen molar-refractivity contribution in [2.45, 2.75) is 26.2 Å². The van der Waals surface area contributed by atoms with Gasteiger partial charge >= 0.3 is 0 Å². The fraction of sp³-hybridized carbons (Fsp3) is 0.318. The molecule has 0 saturated carbocycles. The number of aromatic nitrogens is 3. The first-order chi connectivity index (χ1) is 15.0. The molecule has 9 heteroatoms. The van der Waals surface area contributed by atoms with E-state index in [4.69, 9.17) is 19.9 Å². The minimum Gasteiger partial charge on any atom is -0.493 e.